The number of hydrogen-bond acceptors (Lipinski definition) is 3. The molecule has 0 bridgehead atoms. The van der Waals surface area contributed by atoms with Crippen LogP contribution in [0.4, 0.5) is 5.82 Å². The molecular formula is C12H19N5. The van der Waals surface area contributed by atoms with Crippen molar-refractivity contribution in [2.24, 2.45) is 7.05 Å². The third kappa shape index (κ3) is 2.33. The van der Waals surface area contributed by atoms with E-state index in [0.717, 1.165) is 24.6 Å². The van der Waals surface area contributed by atoms with Crippen molar-refractivity contribution >= 4 is 5.82 Å². The van der Waals surface area contributed by atoms with Crippen molar-refractivity contribution in [3.05, 3.63) is 29.2 Å². The summed E-state index contributed by atoms with van der Waals surface area (Å²) in [5.74, 6) is 1.06. The van der Waals surface area contributed by atoms with Crippen molar-refractivity contribution < 1.29 is 0 Å². The number of aromatic nitrogens is 4. The highest BCUT2D eigenvalue weighted by Crippen LogP contribution is 2.13. The molecule has 2 heterocycles. The second-order valence-corrected chi connectivity index (χ2v) is 4.22. The van der Waals surface area contributed by atoms with Crippen molar-refractivity contribution in [3.8, 4) is 0 Å². The normalized spacial score (nSPS) is 10.8. The van der Waals surface area contributed by atoms with Gasteiger partial charge in [-0.05, 0) is 20.8 Å². The van der Waals surface area contributed by atoms with Crippen LogP contribution in [0.5, 0.6) is 0 Å². The highest BCUT2D eigenvalue weighted by Gasteiger charge is 2.06. The Balaban J connectivity index is 2.09. The molecule has 2 aromatic heterocycles. The summed E-state index contributed by atoms with van der Waals surface area (Å²) in [7, 11) is 1.96. The molecular weight excluding hydrogens is 214 g/mol. The summed E-state index contributed by atoms with van der Waals surface area (Å²) in [4.78, 5) is 0. The highest BCUT2D eigenvalue weighted by atomic mass is 15.3. The van der Waals surface area contributed by atoms with E-state index < -0.39 is 0 Å². The molecule has 0 radical (unpaired) electrons. The lowest BCUT2D eigenvalue weighted by Gasteiger charge is -2.07. The van der Waals surface area contributed by atoms with Gasteiger partial charge in [0, 0.05) is 37.5 Å². The van der Waals surface area contributed by atoms with E-state index in [2.05, 4.69) is 35.4 Å². The summed E-state index contributed by atoms with van der Waals surface area (Å²) >= 11 is 0. The highest BCUT2D eigenvalue weighted by molar-refractivity contribution is 5.38. The topological polar surface area (TPSA) is 47.7 Å². The van der Waals surface area contributed by atoms with Crippen LogP contribution in [0.25, 0.3) is 0 Å². The zero-order valence-corrected chi connectivity index (χ0v) is 10.9. The molecule has 2 aromatic rings. The van der Waals surface area contributed by atoms with Gasteiger partial charge in [0.15, 0.2) is 0 Å². The van der Waals surface area contributed by atoms with E-state index in [-0.39, 0.29) is 0 Å². The molecule has 0 atom stereocenters. The Kier molecular flexibility index (Phi) is 3.17. The van der Waals surface area contributed by atoms with Gasteiger partial charge in [-0.25, -0.2) is 4.68 Å². The summed E-state index contributed by atoms with van der Waals surface area (Å²) in [6, 6.07) is 2.06. The van der Waals surface area contributed by atoms with Crippen LogP contribution in [0.3, 0.4) is 0 Å². The lowest BCUT2D eigenvalue weighted by molar-refractivity contribution is 0.657. The maximum Gasteiger partial charge on any atom is 0.124 e. The van der Waals surface area contributed by atoms with Gasteiger partial charge < -0.3 is 5.32 Å². The molecule has 1 N–H and O–H groups in total. The number of aryl methyl sites for hydroxylation is 3. The summed E-state index contributed by atoms with van der Waals surface area (Å²) in [5.41, 5.74) is 3.45. The van der Waals surface area contributed by atoms with E-state index >= 15 is 0 Å². The van der Waals surface area contributed by atoms with Gasteiger partial charge in [-0.2, -0.15) is 10.2 Å². The minimum atomic E-state index is 0.783. The Morgan fingerprint density at radius 3 is 2.71 bits per heavy atom. The van der Waals surface area contributed by atoms with Crippen molar-refractivity contribution in [2.75, 3.05) is 5.32 Å². The van der Waals surface area contributed by atoms with Crippen LogP contribution in [0, 0.1) is 13.8 Å². The predicted molar refractivity (Wildman–Crippen MR) is 67.9 cm³/mol. The predicted octanol–water partition coefficient (Wildman–Crippen LogP) is 1.87. The Bertz CT molecular complexity index is 509. The van der Waals surface area contributed by atoms with E-state index in [9.17, 15) is 0 Å². The van der Waals surface area contributed by atoms with E-state index in [1.165, 1.54) is 11.3 Å². The molecule has 5 heteroatoms. The van der Waals surface area contributed by atoms with Crippen LogP contribution >= 0.6 is 0 Å². The summed E-state index contributed by atoms with van der Waals surface area (Å²) < 4.78 is 3.86. The second-order valence-electron chi connectivity index (χ2n) is 4.22. The monoisotopic (exact) mass is 233 g/mol. The Hall–Kier alpha value is -1.78. The van der Waals surface area contributed by atoms with Gasteiger partial charge in [0.1, 0.15) is 5.82 Å². The average molecular weight is 233 g/mol. The molecule has 0 amide bonds. The molecule has 17 heavy (non-hydrogen) atoms. The smallest absolute Gasteiger partial charge is 0.124 e. The van der Waals surface area contributed by atoms with Crippen molar-refractivity contribution in [1.82, 2.24) is 19.6 Å². The standard InChI is InChI=1S/C12H19N5/c1-5-17-12(6-9(2)15-17)13-7-11-8-14-16(4)10(11)3/h6,8,13H,5,7H2,1-4H3. The third-order valence-electron chi connectivity index (χ3n) is 3.00. The minimum absolute atomic E-state index is 0.783. The molecule has 0 unspecified atom stereocenters. The molecule has 92 valence electrons. The van der Waals surface area contributed by atoms with Gasteiger partial charge in [0.2, 0.25) is 0 Å². The fourth-order valence-corrected chi connectivity index (χ4v) is 1.83. The van der Waals surface area contributed by atoms with Gasteiger partial charge in [-0.1, -0.05) is 0 Å². The van der Waals surface area contributed by atoms with E-state index in [4.69, 9.17) is 0 Å². The molecule has 0 aliphatic heterocycles. The van der Waals surface area contributed by atoms with Crippen LogP contribution < -0.4 is 5.32 Å². The first kappa shape index (κ1) is 11.7. The zero-order chi connectivity index (χ0) is 12.4. The third-order valence-corrected chi connectivity index (χ3v) is 3.00. The maximum absolute atomic E-state index is 4.40. The average Bonchev–Trinajstić information content (AvgIpc) is 2.82. The van der Waals surface area contributed by atoms with Crippen molar-refractivity contribution in [2.45, 2.75) is 33.9 Å². The zero-order valence-electron chi connectivity index (χ0n) is 10.9. The summed E-state index contributed by atoms with van der Waals surface area (Å²) in [5, 5.41) is 12.0. The van der Waals surface area contributed by atoms with Gasteiger partial charge in [-0.3, -0.25) is 4.68 Å². The maximum atomic E-state index is 4.40. The Morgan fingerprint density at radius 1 is 1.35 bits per heavy atom. The summed E-state index contributed by atoms with van der Waals surface area (Å²) in [6.45, 7) is 7.83. The van der Waals surface area contributed by atoms with E-state index in [1.54, 1.807) is 0 Å². The number of rotatable bonds is 4. The molecule has 0 fully saturated rings. The second kappa shape index (κ2) is 4.61. The van der Waals surface area contributed by atoms with Gasteiger partial charge in [0.25, 0.3) is 0 Å². The minimum Gasteiger partial charge on any atom is -0.366 e. The number of anilines is 1. The SMILES string of the molecule is CCn1nc(C)cc1NCc1cnn(C)c1C. The summed E-state index contributed by atoms with van der Waals surface area (Å²) in [6.07, 6.45) is 1.90. The van der Waals surface area contributed by atoms with Crippen molar-refractivity contribution in [3.63, 3.8) is 0 Å². The molecule has 0 aliphatic rings. The Morgan fingerprint density at radius 2 is 2.12 bits per heavy atom. The molecule has 0 spiro atoms. The molecule has 0 aromatic carbocycles. The fourth-order valence-electron chi connectivity index (χ4n) is 1.83. The lowest BCUT2D eigenvalue weighted by atomic mass is 10.2. The molecule has 0 aliphatic carbocycles. The molecule has 0 saturated heterocycles. The molecule has 5 nitrogen and oxygen atoms in total. The van der Waals surface area contributed by atoms with E-state index in [1.807, 2.05) is 29.5 Å². The quantitative estimate of drug-likeness (QED) is 0.877. The molecule has 2 rings (SSSR count). The molecule has 0 saturated carbocycles. The van der Waals surface area contributed by atoms with E-state index in [0.29, 0.717) is 0 Å². The number of hydrogen-bond donors (Lipinski definition) is 1. The van der Waals surface area contributed by atoms with Gasteiger partial charge >= 0.3 is 0 Å². The first-order valence-corrected chi connectivity index (χ1v) is 5.87. The fraction of sp³-hybridized carbons (Fsp3) is 0.500. The first-order chi connectivity index (χ1) is 8.11. The first-order valence-electron chi connectivity index (χ1n) is 5.87. The van der Waals surface area contributed by atoms with Crippen LogP contribution in [0.15, 0.2) is 12.3 Å². The van der Waals surface area contributed by atoms with Crippen molar-refractivity contribution in [1.29, 1.82) is 0 Å². The number of nitrogens with one attached hydrogen (secondary N) is 1. The van der Waals surface area contributed by atoms with Gasteiger partial charge in [-0.15, -0.1) is 0 Å². The Labute approximate surface area is 101 Å². The number of nitrogens with zero attached hydrogens (tertiary/aromatic N) is 4. The van der Waals surface area contributed by atoms with Crippen LogP contribution in [-0.2, 0) is 20.1 Å². The largest absolute Gasteiger partial charge is 0.366 e. The van der Waals surface area contributed by atoms with Gasteiger partial charge in [0.05, 0.1) is 11.9 Å². The lowest BCUT2D eigenvalue weighted by Crippen LogP contribution is -2.07. The van der Waals surface area contributed by atoms with Crippen LogP contribution in [0.2, 0.25) is 0 Å². The van der Waals surface area contributed by atoms with Crippen LogP contribution in [-0.4, -0.2) is 19.6 Å². The van der Waals surface area contributed by atoms with Crippen LogP contribution in [0.1, 0.15) is 23.9 Å².